The minimum absolute atomic E-state index is 0.331. The number of ketones is 1. The second-order valence-electron chi connectivity index (χ2n) is 3.23. The smallest absolute Gasteiger partial charge is 0.261 e. The second-order valence-corrected chi connectivity index (χ2v) is 8.61. The molecule has 1 rings (SSSR count). The summed E-state index contributed by atoms with van der Waals surface area (Å²) in [5.41, 5.74) is -0.364. The van der Waals surface area contributed by atoms with E-state index < -0.39 is 24.6 Å². The molecule has 0 radical (unpaired) electrons. The van der Waals surface area contributed by atoms with Crippen molar-refractivity contribution in [3.63, 3.8) is 0 Å². The first-order chi connectivity index (χ1) is 7.74. The quantitative estimate of drug-likeness (QED) is 0.624. The van der Waals surface area contributed by atoms with Crippen molar-refractivity contribution in [1.29, 1.82) is 0 Å². The second kappa shape index (κ2) is 5.04. The van der Waals surface area contributed by atoms with Crippen LogP contribution in [0.4, 0.5) is 4.39 Å². The molecule has 7 heteroatoms. The van der Waals surface area contributed by atoms with E-state index in [-0.39, 0.29) is 11.3 Å². The SMILES string of the molecule is CCS(=O)(=O)[C@@](Cl)(Br)C(=O)c1ccccc1F. The maximum atomic E-state index is 13.4. The van der Waals surface area contributed by atoms with Crippen LogP contribution in [0.1, 0.15) is 17.3 Å². The van der Waals surface area contributed by atoms with Crippen molar-refractivity contribution >= 4 is 43.2 Å². The Hall–Kier alpha value is -0.460. The van der Waals surface area contributed by atoms with Gasteiger partial charge in [0.25, 0.3) is 3.12 Å². The molecule has 94 valence electrons. The van der Waals surface area contributed by atoms with Gasteiger partial charge < -0.3 is 0 Å². The standard InChI is InChI=1S/C10H9BrClFO3S/c1-2-17(15,16)10(11,12)9(14)7-5-3-4-6-8(7)13/h3-6H,2H2,1H3/t10-/m1/s1. The Bertz CT molecular complexity index is 542. The highest BCUT2D eigenvalue weighted by atomic mass is 79.9. The zero-order valence-corrected chi connectivity index (χ0v) is 11.9. The molecular formula is C10H9BrClFO3S. The number of Topliss-reactive ketones (excluding diaryl/α,β-unsaturated/α-hetero) is 1. The topological polar surface area (TPSA) is 51.2 Å². The molecule has 0 saturated carbocycles. The Morgan fingerprint density at radius 2 is 2.00 bits per heavy atom. The Kier molecular flexibility index (Phi) is 4.33. The van der Waals surface area contributed by atoms with Crippen molar-refractivity contribution in [1.82, 2.24) is 0 Å². The van der Waals surface area contributed by atoms with Gasteiger partial charge in [0.1, 0.15) is 5.82 Å². The summed E-state index contributed by atoms with van der Waals surface area (Å²) < 4.78 is 34.3. The van der Waals surface area contributed by atoms with Crippen LogP contribution in [-0.4, -0.2) is 23.1 Å². The highest BCUT2D eigenvalue weighted by Gasteiger charge is 2.46. The van der Waals surface area contributed by atoms with Crippen molar-refractivity contribution < 1.29 is 17.6 Å². The van der Waals surface area contributed by atoms with Crippen LogP contribution in [0.2, 0.25) is 0 Å². The van der Waals surface area contributed by atoms with E-state index in [1.54, 1.807) is 0 Å². The van der Waals surface area contributed by atoms with Crippen LogP contribution >= 0.6 is 27.5 Å². The van der Waals surface area contributed by atoms with Crippen LogP contribution in [0.3, 0.4) is 0 Å². The third-order valence-electron chi connectivity index (χ3n) is 2.15. The molecule has 0 unspecified atom stereocenters. The van der Waals surface area contributed by atoms with E-state index >= 15 is 0 Å². The Labute approximate surface area is 112 Å². The summed E-state index contributed by atoms with van der Waals surface area (Å²) in [5.74, 6) is -2.17. The molecule has 0 amide bonds. The van der Waals surface area contributed by atoms with Crippen LogP contribution in [0.15, 0.2) is 24.3 Å². The summed E-state index contributed by atoms with van der Waals surface area (Å²) in [4.78, 5) is 11.9. The van der Waals surface area contributed by atoms with E-state index in [1.807, 2.05) is 0 Å². The summed E-state index contributed by atoms with van der Waals surface area (Å²) in [5, 5.41) is 0. The highest BCUT2D eigenvalue weighted by Crippen LogP contribution is 2.35. The number of hydrogen-bond acceptors (Lipinski definition) is 3. The van der Waals surface area contributed by atoms with Gasteiger partial charge in [-0.15, -0.1) is 0 Å². The lowest BCUT2D eigenvalue weighted by atomic mass is 10.1. The summed E-state index contributed by atoms with van der Waals surface area (Å²) in [6.45, 7) is 1.35. The molecule has 1 aromatic rings. The van der Waals surface area contributed by atoms with E-state index in [0.717, 1.165) is 6.07 Å². The molecule has 1 aromatic carbocycles. The van der Waals surface area contributed by atoms with Gasteiger partial charge in [-0.3, -0.25) is 4.79 Å². The molecule has 0 aliphatic carbocycles. The van der Waals surface area contributed by atoms with Crippen molar-refractivity contribution in [3.05, 3.63) is 35.6 Å². The maximum Gasteiger partial charge on any atom is 0.261 e. The van der Waals surface area contributed by atoms with E-state index in [2.05, 4.69) is 15.9 Å². The van der Waals surface area contributed by atoms with Gasteiger partial charge in [0.15, 0.2) is 9.84 Å². The van der Waals surface area contributed by atoms with Crippen molar-refractivity contribution in [2.45, 2.75) is 10.0 Å². The van der Waals surface area contributed by atoms with E-state index in [1.165, 1.54) is 25.1 Å². The molecular weight excluding hydrogens is 335 g/mol. The number of hydrogen-bond donors (Lipinski definition) is 0. The third kappa shape index (κ3) is 2.69. The average Bonchev–Trinajstić information content (AvgIpc) is 2.28. The number of alkyl halides is 2. The van der Waals surface area contributed by atoms with Crippen LogP contribution in [0, 0.1) is 5.82 Å². The molecule has 0 N–H and O–H groups in total. The molecule has 1 atom stereocenters. The van der Waals surface area contributed by atoms with E-state index in [9.17, 15) is 17.6 Å². The molecule has 17 heavy (non-hydrogen) atoms. The lowest BCUT2D eigenvalue weighted by Gasteiger charge is -2.18. The number of sulfone groups is 1. The molecule has 0 aliphatic rings. The van der Waals surface area contributed by atoms with Crippen molar-refractivity contribution in [2.24, 2.45) is 0 Å². The van der Waals surface area contributed by atoms with Crippen molar-refractivity contribution in [2.75, 3.05) is 5.75 Å². The molecule has 0 saturated heterocycles. The first kappa shape index (κ1) is 14.6. The molecule has 0 heterocycles. The summed E-state index contributed by atoms with van der Waals surface area (Å²) >= 11 is 8.36. The highest BCUT2D eigenvalue weighted by molar-refractivity contribution is 9.12. The van der Waals surface area contributed by atoms with Gasteiger partial charge in [0.2, 0.25) is 5.78 Å². The average molecular weight is 344 g/mol. The Morgan fingerprint density at radius 1 is 1.47 bits per heavy atom. The zero-order valence-electron chi connectivity index (χ0n) is 8.78. The van der Waals surface area contributed by atoms with Gasteiger partial charge in [0, 0.05) is 0 Å². The van der Waals surface area contributed by atoms with Crippen LogP contribution in [0.25, 0.3) is 0 Å². The molecule has 0 spiro atoms. The molecule has 0 aliphatic heterocycles. The zero-order chi connectivity index (χ0) is 13.3. The van der Waals surface area contributed by atoms with Gasteiger partial charge in [-0.05, 0) is 28.1 Å². The summed E-state index contributed by atoms with van der Waals surface area (Å²) in [7, 11) is -3.90. The molecule has 0 bridgehead atoms. The largest absolute Gasteiger partial charge is 0.290 e. The normalized spacial score (nSPS) is 15.3. The number of halogens is 3. The predicted octanol–water partition coefficient (Wildman–Crippen LogP) is 2.73. The lowest BCUT2D eigenvalue weighted by molar-refractivity contribution is 0.0996. The van der Waals surface area contributed by atoms with Gasteiger partial charge in [-0.1, -0.05) is 30.7 Å². The first-order valence-corrected chi connectivity index (χ1v) is 7.45. The fourth-order valence-corrected chi connectivity index (χ4v) is 3.21. The number of rotatable bonds is 4. The lowest BCUT2D eigenvalue weighted by Crippen LogP contribution is -2.36. The first-order valence-electron chi connectivity index (χ1n) is 4.63. The minimum atomic E-state index is -3.90. The van der Waals surface area contributed by atoms with Gasteiger partial charge >= 0.3 is 0 Å². The van der Waals surface area contributed by atoms with E-state index in [4.69, 9.17) is 11.6 Å². The Balaban J connectivity index is 3.28. The third-order valence-corrected chi connectivity index (χ3v) is 6.60. The van der Waals surface area contributed by atoms with Crippen molar-refractivity contribution in [3.8, 4) is 0 Å². The Morgan fingerprint density at radius 3 is 2.47 bits per heavy atom. The molecule has 3 nitrogen and oxygen atoms in total. The monoisotopic (exact) mass is 342 g/mol. The summed E-state index contributed by atoms with van der Waals surface area (Å²) in [6, 6.07) is 5.06. The minimum Gasteiger partial charge on any atom is -0.290 e. The molecule has 0 aromatic heterocycles. The van der Waals surface area contributed by atoms with Gasteiger partial charge in [0.05, 0.1) is 11.3 Å². The number of carbonyl (C=O) groups excluding carboxylic acids is 1. The fraction of sp³-hybridized carbons (Fsp3) is 0.300. The van der Waals surface area contributed by atoms with Crippen LogP contribution in [-0.2, 0) is 9.84 Å². The van der Waals surface area contributed by atoms with Crippen LogP contribution < -0.4 is 0 Å². The number of benzene rings is 1. The fourth-order valence-electron chi connectivity index (χ4n) is 1.12. The van der Waals surface area contributed by atoms with Crippen LogP contribution in [0.5, 0.6) is 0 Å². The maximum absolute atomic E-state index is 13.4. The van der Waals surface area contributed by atoms with Gasteiger partial charge in [-0.2, -0.15) is 0 Å². The number of carbonyl (C=O) groups is 1. The van der Waals surface area contributed by atoms with Gasteiger partial charge in [-0.25, -0.2) is 12.8 Å². The predicted molar refractivity (Wildman–Crippen MR) is 67.7 cm³/mol. The summed E-state index contributed by atoms with van der Waals surface area (Å²) in [6.07, 6.45) is 0. The van der Waals surface area contributed by atoms with E-state index in [0.29, 0.717) is 0 Å². The molecule has 0 fully saturated rings.